The zero-order valence-electron chi connectivity index (χ0n) is 10.1. The number of allylic oxidation sites excluding steroid dienone is 1. The highest BCUT2D eigenvalue weighted by Gasteiger charge is 2.25. The lowest BCUT2D eigenvalue weighted by molar-refractivity contribution is -0.137. The van der Waals surface area contributed by atoms with Crippen molar-refractivity contribution in [1.29, 1.82) is 0 Å². The molecule has 18 heavy (non-hydrogen) atoms. The Kier molecular flexibility index (Phi) is 4.20. The molecule has 0 bridgehead atoms. The number of hydrogen-bond acceptors (Lipinski definition) is 4. The Morgan fingerprint density at radius 2 is 2.00 bits per heavy atom. The first-order chi connectivity index (χ1) is 8.66. The Bertz CT molecular complexity index is 491. The molecule has 0 N–H and O–H groups in total. The lowest BCUT2D eigenvalue weighted by atomic mass is 10.2. The van der Waals surface area contributed by atoms with Gasteiger partial charge in [-0.2, -0.15) is 0 Å². The van der Waals surface area contributed by atoms with E-state index in [1.165, 1.54) is 6.92 Å². The van der Waals surface area contributed by atoms with Crippen LogP contribution in [0.25, 0.3) is 0 Å². The monoisotopic (exact) mass is 262 g/mol. The standard InChI is InChI=1S/C14H14O3S/c1-10(15)17-14-8-7-13(16)12(14)9-18-11-5-3-2-4-6-11/h2-6H,7-9H2,1H3. The fourth-order valence-electron chi connectivity index (χ4n) is 1.80. The maximum absolute atomic E-state index is 11.7. The summed E-state index contributed by atoms with van der Waals surface area (Å²) >= 11 is 1.58. The van der Waals surface area contributed by atoms with E-state index in [0.717, 1.165) is 4.90 Å². The van der Waals surface area contributed by atoms with Crippen molar-refractivity contribution < 1.29 is 14.3 Å². The second-order valence-corrected chi connectivity index (χ2v) is 5.07. The van der Waals surface area contributed by atoms with E-state index in [-0.39, 0.29) is 11.8 Å². The van der Waals surface area contributed by atoms with Crippen LogP contribution in [0, 0.1) is 0 Å². The summed E-state index contributed by atoms with van der Waals surface area (Å²) in [5.41, 5.74) is 0.652. The summed E-state index contributed by atoms with van der Waals surface area (Å²) in [6.07, 6.45) is 0.996. The normalized spacial score (nSPS) is 15.1. The van der Waals surface area contributed by atoms with Crippen molar-refractivity contribution in [2.24, 2.45) is 0 Å². The summed E-state index contributed by atoms with van der Waals surface area (Å²) < 4.78 is 5.09. The highest BCUT2D eigenvalue weighted by molar-refractivity contribution is 7.99. The first kappa shape index (κ1) is 12.9. The topological polar surface area (TPSA) is 43.4 Å². The summed E-state index contributed by atoms with van der Waals surface area (Å²) in [6, 6.07) is 9.86. The van der Waals surface area contributed by atoms with Crippen LogP contribution in [0.4, 0.5) is 0 Å². The number of thioether (sulfide) groups is 1. The number of esters is 1. The molecule has 0 aromatic heterocycles. The van der Waals surface area contributed by atoms with E-state index in [2.05, 4.69) is 0 Å². The van der Waals surface area contributed by atoms with E-state index in [4.69, 9.17) is 4.74 Å². The van der Waals surface area contributed by atoms with Crippen molar-refractivity contribution in [3.05, 3.63) is 41.7 Å². The van der Waals surface area contributed by atoms with Crippen molar-refractivity contribution in [1.82, 2.24) is 0 Å². The highest BCUT2D eigenvalue weighted by Crippen LogP contribution is 2.29. The van der Waals surface area contributed by atoms with Crippen molar-refractivity contribution in [3.63, 3.8) is 0 Å². The predicted octanol–water partition coefficient (Wildman–Crippen LogP) is 2.96. The van der Waals surface area contributed by atoms with E-state index in [9.17, 15) is 9.59 Å². The molecule has 1 aliphatic carbocycles. The molecule has 2 rings (SSSR count). The molecule has 0 unspecified atom stereocenters. The van der Waals surface area contributed by atoms with Gasteiger partial charge in [0.2, 0.25) is 0 Å². The minimum Gasteiger partial charge on any atom is -0.431 e. The molecule has 1 aromatic rings. The third kappa shape index (κ3) is 3.23. The Hall–Kier alpha value is -1.55. The number of benzene rings is 1. The Morgan fingerprint density at radius 3 is 2.67 bits per heavy atom. The summed E-state index contributed by atoms with van der Waals surface area (Å²) in [6.45, 7) is 1.36. The van der Waals surface area contributed by atoms with Crippen LogP contribution in [-0.2, 0) is 14.3 Å². The fraction of sp³-hybridized carbons (Fsp3) is 0.286. The van der Waals surface area contributed by atoms with E-state index in [0.29, 0.717) is 29.9 Å². The van der Waals surface area contributed by atoms with Gasteiger partial charge in [-0.25, -0.2) is 0 Å². The molecule has 1 aliphatic rings. The van der Waals surface area contributed by atoms with Crippen molar-refractivity contribution in [2.75, 3.05) is 5.75 Å². The Balaban J connectivity index is 2.05. The fourth-order valence-corrected chi connectivity index (χ4v) is 2.79. The van der Waals surface area contributed by atoms with Crippen LogP contribution in [-0.4, -0.2) is 17.5 Å². The van der Waals surface area contributed by atoms with Crippen molar-refractivity contribution >= 4 is 23.5 Å². The molecule has 3 nitrogen and oxygen atoms in total. The van der Waals surface area contributed by atoms with Crippen LogP contribution in [0.1, 0.15) is 19.8 Å². The number of ketones is 1. The van der Waals surface area contributed by atoms with Gasteiger partial charge in [0.25, 0.3) is 0 Å². The van der Waals surface area contributed by atoms with E-state index >= 15 is 0 Å². The van der Waals surface area contributed by atoms with Crippen molar-refractivity contribution in [3.8, 4) is 0 Å². The quantitative estimate of drug-likeness (QED) is 0.618. The second-order valence-electron chi connectivity index (χ2n) is 4.02. The molecule has 0 radical (unpaired) electrons. The SMILES string of the molecule is CC(=O)OC1=C(CSc2ccccc2)C(=O)CC1. The number of ether oxygens (including phenoxy) is 1. The molecule has 0 saturated carbocycles. The molecule has 0 fully saturated rings. The van der Waals surface area contributed by atoms with Crippen LogP contribution >= 0.6 is 11.8 Å². The van der Waals surface area contributed by atoms with E-state index < -0.39 is 0 Å². The van der Waals surface area contributed by atoms with E-state index in [1.54, 1.807) is 11.8 Å². The molecule has 0 aliphatic heterocycles. The van der Waals surface area contributed by atoms with Gasteiger partial charge in [-0.15, -0.1) is 11.8 Å². The number of rotatable bonds is 4. The lowest BCUT2D eigenvalue weighted by Crippen LogP contribution is -2.03. The van der Waals surface area contributed by atoms with Gasteiger partial charge in [-0.05, 0) is 12.1 Å². The summed E-state index contributed by atoms with van der Waals surface area (Å²) in [4.78, 5) is 23.8. The molecule has 1 aromatic carbocycles. The minimum atomic E-state index is -0.359. The summed E-state index contributed by atoms with van der Waals surface area (Å²) in [7, 11) is 0. The van der Waals surface area contributed by atoms with Crippen LogP contribution in [0.2, 0.25) is 0 Å². The predicted molar refractivity (Wildman–Crippen MR) is 70.2 cm³/mol. The van der Waals surface area contributed by atoms with Gasteiger partial charge in [0.1, 0.15) is 5.76 Å². The van der Waals surface area contributed by atoms with Gasteiger partial charge in [0.15, 0.2) is 5.78 Å². The van der Waals surface area contributed by atoms with Gasteiger partial charge in [0.05, 0.1) is 0 Å². The molecule has 4 heteroatoms. The van der Waals surface area contributed by atoms with Gasteiger partial charge in [0, 0.05) is 36.0 Å². The minimum absolute atomic E-state index is 0.0923. The molecule has 0 spiro atoms. The van der Waals surface area contributed by atoms with Gasteiger partial charge >= 0.3 is 5.97 Å². The largest absolute Gasteiger partial charge is 0.431 e. The van der Waals surface area contributed by atoms with Gasteiger partial charge in [-0.3, -0.25) is 9.59 Å². The van der Waals surface area contributed by atoms with E-state index in [1.807, 2.05) is 30.3 Å². The van der Waals surface area contributed by atoms with Crippen LogP contribution in [0.3, 0.4) is 0 Å². The number of hydrogen-bond donors (Lipinski definition) is 0. The zero-order valence-corrected chi connectivity index (χ0v) is 11.0. The number of carbonyl (C=O) groups is 2. The van der Waals surface area contributed by atoms with Gasteiger partial charge in [-0.1, -0.05) is 18.2 Å². The average Bonchev–Trinajstić information content (AvgIpc) is 2.68. The Labute approximate surface area is 110 Å². The number of carbonyl (C=O) groups excluding carboxylic acids is 2. The summed E-state index contributed by atoms with van der Waals surface area (Å²) in [5.74, 6) is 0.846. The van der Waals surface area contributed by atoms with Crippen LogP contribution in [0.15, 0.2) is 46.6 Å². The third-order valence-corrected chi connectivity index (χ3v) is 3.68. The van der Waals surface area contributed by atoms with Crippen LogP contribution < -0.4 is 0 Å². The third-order valence-electron chi connectivity index (χ3n) is 2.65. The first-order valence-corrected chi connectivity index (χ1v) is 6.77. The number of Topliss-reactive ketones (excluding diaryl/α,β-unsaturated/α-hetero) is 1. The Morgan fingerprint density at radius 1 is 1.28 bits per heavy atom. The first-order valence-electron chi connectivity index (χ1n) is 5.78. The average molecular weight is 262 g/mol. The van der Waals surface area contributed by atoms with Crippen LogP contribution in [0.5, 0.6) is 0 Å². The highest BCUT2D eigenvalue weighted by atomic mass is 32.2. The summed E-state index contributed by atoms with van der Waals surface area (Å²) in [5, 5.41) is 0. The maximum Gasteiger partial charge on any atom is 0.307 e. The smallest absolute Gasteiger partial charge is 0.307 e. The molecular formula is C14H14O3S. The molecule has 94 valence electrons. The molecular weight excluding hydrogens is 248 g/mol. The molecule has 0 heterocycles. The molecule has 0 amide bonds. The van der Waals surface area contributed by atoms with Crippen molar-refractivity contribution in [2.45, 2.75) is 24.7 Å². The molecule has 0 saturated heterocycles. The lowest BCUT2D eigenvalue weighted by Gasteiger charge is -2.05. The maximum atomic E-state index is 11.7. The molecule has 0 atom stereocenters. The second kappa shape index (κ2) is 5.87. The zero-order chi connectivity index (χ0) is 13.0. The van der Waals surface area contributed by atoms with Gasteiger partial charge < -0.3 is 4.74 Å².